The van der Waals surface area contributed by atoms with E-state index in [-0.39, 0.29) is 29.8 Å². The lowest BCUT2D eigenvalue weighted by atomic mass is 10.2. The van der Waals surface area contributed by atoms with E-state index in [0.29, 0.717) is 15.7 Å². The zero-order chi connectivity index (χ0) is 15.6. The number of carbonyl (C=O) groups is 2. The normalized spacial score (nSPS) is 14.3. The van der Waals surface area contributed by atoms with Crippen molar-refractivity contribution in [3.8, 4) is 17.2 Å². The molecule has 2 rings (SSSR count). The Morgan fingerprint density at radius 3 is 2.76 bits per heavy atom. The van der Waals surface area contributed by atoms with Gasteiger partial charge in [0.15, 0.2) is 11.5 Å². The van der Waals surface area contributed by atoms with Crippen molar-refractivity contribution in [3.05, 3.63) is 27.9 Å². The minimum absolute atomic E-state index is 0.0840. The van der Waals surface area contributed by atoms with Crippen LogP contribution in [0.15, 0.2) is 27.9 Å². The molecule has 1 heterocycles. The van der Waals surface area contributed by atoms with Gasteiger partial charge < -0.3 is 25.2 Å². The van der Waals surface area contributed by atoms with Crippen LogP contribution in [0.4, 0.5) is 4.79 Å². The number of phenols is 1. The summed E-state index contributed by atoms with van der Waals surface area (Å²) < 4.78 is 10.5. The lowest BCUT2D eigenvalue weighted by Gasteiger charge is -2.19. The molecule has 3 N–H and O–H groups in total. The summed E-state index contributed by atoms with van der Waals surface area (Å²) >= 11 is 3.14. The van der Waals surface area contributed by atoms with Crippen LogP contribution in [-0.2, 0) is 4.79 Å². The molecular weight excluding hydrogens is 344 g/mol. The number of urea groups is 1. The Bertz CT molecular complexity index is 642. The first-order valence-corrected chi connectivity index (χ1v) is 6.75. The van der Waals surface area contributed by atoms with Crippen molar-refractivity contribution in [2.75, 3.05) is 13.7 Å². The molecule has 0 aliphatic carbocycles. The van der Waals surface area contributed by atoms with E-state index < -0.39 is 5.97 Å². The lowest BCUT2D eigenvalue weighted by molar-refractivity contribution is -0.130. The number of phenolic OH excluding ortho intramolecular Hbond substituents is 1. The van der Waals surface area contributed by atoms with E-state index in [1.54, 1.807) is 6.92 Å². The number of halogens is 1. The van der Waals surface area contributed by atoms with Gasteiger partial charge in [0.25, 0.3) is 0 Å². The summed E-state index contributed by atoms with van der Waals surface area (Å²) in [7, 11) is 1.39. The molecule has 7 nitrogen and oxygen atoms in total. The molecule has 0 saturated heterocycles. The molecule has 8 heteroatoms. The first-order valence-electron chi connectivity index (χ1n) is 5.95. The topological polar surface area (TPSA) is 96.9 Å². The second-order valence-corrected chi connectivity index (χ2v) is 5.11. The third-order valence-electron chi connectivity index (χ3n) is 2.86. The summed E-state index contributed by atoms with van der Waals surface area (Å²) in [6, 6.07) is 2.47. The molecule has 0 aromatic heterocycles. The largest absolute Gasteiger partial charge is 0.503 e. The molecule has 0 spiro atoms. The Hall–Kier alpha value is -2.22. The fourth-order valence-corrected chi connectivity index (χ4v) is 2.17. The van der Waals surface area contributed by atoms with Gasteiger partial charge in [0.1, 0.15) is 5.75 Å². The van der Waals surface area contributed by atoms with Crippen molar-refractivity contribution in [3.63, 3.8) is 0 Å². The van der Waals surface area contributed by atoms with Crippen LogP contribution in [0.2, 0.25) is 0 Å². The summed E-state index contributed by atoms with van der Waals surface area (Å²) in [5.41, 5.74) is 0.756. The zero-order valence-electron chi connectivity index (χ0n) is 11.3. The molecule has 0 atom stereocenters. The molecule has 112 valence electrons. The highest BCUT2D eigenvalue weighted by Crippen LogP contribution is 2.38. The number of benzene rings is 1. The van der Waals surface area contributed by atoms with Crippen LogP contribution < -0.4 is 20.1 Å². The minimum atomic E-state index is -0.598. The van der Waals surface area contributed by atoms with Crippen molar-refractivity contribution in [2.24, 2.45) is 0 Å². The first-order chi connectivity index (χ1) is 9.92. The average molecular weight is 357 g/mol. The molecule has 21 heavy (non-hydrogen) atoms. The van der Waals surface area contributed by atoms with Gasteiger partial charge in [-0.05, 0) is 28.9 Å². The van der Waals surface area contributed by atoms with Crippen molar-refractivity contribution < 1.29 is 24.2 Å². The quantitative estimate of drug-likeness (QED) is 0.565. The van der Waals surface area contributed by atoms with Gasteiger partial charge in [-0.2, -0.15) is 0 Å². The molecule has 0 bridgehead atoms. The predicted octanol–water partition coefficient (Wildman–Crippen LogP) is 1.66. The fourth-order valence-electron chi connectivity index (χ4n) is 1.75. The van der Waals surface area contributed by atoms with E-state index in [0.717, 1.165) is 0 Å². The monoisotopic (exact) mass is 356 g/mol. The molecule has 1 aromatic rings. The second kappa shape index (κ2) is 6.04. The van der Waals surface area contributed by atoms with E-state index >= 15 is 0 Å². The van der Waals surface area contributed by atoms with Crippen LogP contribution in [-0.4, -0.2) is 30.8 Å². The number of ether oxygens (including phenoxy) is 2. The molecular formula is C13H13BrN2O5. The number of allylic oxidation sites excluding steroid dienone is 1. The number of hydrogen-bond acceptors (Lipinski definition) is 5. The Labute approximate surface area is 129 Å². The molecule has 0 unspecified atom stereocenters. The van der Waals surface area contributed by atoms with E-state index in [1.165, 1.54) is 19.2 Å². The Balaban J connectivity index is 2.22. The fraction of sp³-hybridized carbons (Fsp3) is 0.231. The SMILES string of the molecule is COc1cc(OC(=O)C2=C(C)NC(=O)NC2)cc(Br)c1O. The van der Waals surface area contributed by atoms with E-state index in [9.17, 15) is 14.7 Å². The molecule has 2 amide bonds. The van der Waals surface area contributed by atoms with Crippen molar-refractivity contribution in [1.82, 2.24) is 10.6 Å². The van der Waals surface area contributed by atoms with Gasteiger partial charge in [0.2, 0.25) is 0 Å². The van der Waals surface area contributed by atoms with Crippen LogP contribution in [0, 0.1) is 0 Å². The van der Waals surface area contributed by atoms with Crippen molar-refractivity contribution in [1.29, 1.82) is 0 Å². The van der Waals surface area contributed by atoms with E-state index in [4.69, 9.17) is 9.47 Å². The van der Waals surface area contributed by atoms with Crippen molar-refractivity contribution >= 4 is 27.9 Å². The summed E-state index contributed by atoms with van der Waals surface area (Å²) in [5, 5.41) is 14.7. The van der Waals surface area contributed by atoms with Gasteiger partial charge in [-0.3, -0.25) is 0 Å². The Morgan fingerprint density at radius 1 is 1.43 bits per heavy atom. The van der Waals surface area contributed by atoms with Crippen LogP contribution in [0.5, 0.6) is 17.2 Å². The maximum atomic E-state index is 12.1. The molecule has 0 saturated carbocycles. The summed E-state index contributed by atoms with van der Waals surface area (Å²) in [6.45, 7) is 1.70. The third kappa shape index (κ3) is 3.27. The van der Waals surface area contributed by atoms with Crippen LogP contribution in [0.3, 0.4) is 0 Å². The number of carbonyl (C=O) groups excluding carboxylic acids is 2. The van der Waals surface area contributed by atoms with Gasteiger partial charge in [0, 0.05) is 11.8 Å². The number of nitrogens with one attached hydrogen (secondary N) is 2. The summed E-state index contributed by atoms with van der Waals surface area (Å²) in [5.74, 6) is -0.300. The van der Waals surface area contributed by atoms with Crippen LogP contribution >= 0.6 is 15.9 Å². The molecule has 0 fully saturated rings. The Kier molecular flexibility index (Phi) is 4.37. The number of hydrogen-bond donors (Lipinski definition) is 3. The zero-order valence-corrected chi connectivity index (χ0v) is 12.9. The summed E-state index contributed by atoms with van der Waals surface area (Å²) in [6.07, 6.45) is 0. The maximum Gasteiger partial charge on any atom is 0.342 e. The standard InChI is InChI=1S/C13H13BrN2O5/c1-6-8(5-15-13(19)16-6)12(18)21-7-3-9(14)11(17)10(4-7)20-2/h3-4,17H,5H2,1-2H3,(H2,15,16,19). The number of aromatic hydroxyl groups is 1. The van der Waals surface area contributed by atoms with E-state index in [2.05, 4.69) is 26.6 Å². The minimum Gasteiger partial charge on any atom is -0.503 e. The lowest BCUT2D eigenvalue weighted by Crippen LogP contribution is -2.43. The Morgan fingerprint density at radius 2 is 2.14 bits per heavy atom. The second-order valence-electron chi connectivity index (χ2n) is 4.26. The van der Waals surface area contributed by atoms with Crippen LogP contribution in [0.1, 0.15) is 6.92 Å². The molecule has 0 radical (unpaired) electrons. The number of rotatable bonds is 3. The number of methoxy groups -OCH3 is 1. The smallest absolute Gasteiger partial charge is 0.342 e. The summed E-state index contributed by atoms with van der Waals surface area (Å²) in [4.78, 5) is 23.2. The predicted molar refractivity (Wildman–Crippen MR) is 77.2 cm³/mol. The highest BCUT2D eigenvalue weighted by Gasteiger charge is 2.22. The highest BCUT2D eigenvalue weighted by molar-refractivity contribution is 9.10. The van der Waals surface area contributed by atoms with Gasteiger partial charge >= 0.3 is 12.0 Å². The van der Waals surface area contributed by atoms with Gasteiger partial charge in [0.05, 0.1) is 23.7 Å². The first kappa shape index (κ1) is 15.2. The van der Waals surface area contributed by atoms with Gasteiger partial charge in [-0.25, -0.2) is 9.59 Å². The average Bonchev–Trinajstić information content (AvgIpc) is 2.42. The highest BCUT2D eigenvalue weighted by atomic mass is 79.9. The molecule has 1 aromatic carbocycles. The van der Waals surface area contributed by atoms with Gasteiger partial charge in [-0.15, -0.1) is 0 Å². The van der Waals surface area contributed by atoms with Gasteiger partial charge in [-0.1, -0.05) is 0 Å². The van der Waals surface area contributed by atoms with Crippen LogP contribution in [0.25, 0.3) is 0 Å². The number of amides is 2. The van der Waals surface area contributed by atoms with Crippen molar-refractivity contribution in [2.45, 2.75) is 6.92 Å². The molecule has 1 aliphatic heterocycles. The maximum absolute atomic E-state index is 12.1. The number of esters is 1. The molecule has 1 aliphatic rings. The van der Waals surface area contributed by atoms with E-state index in [1.807, 2.05) is 0 Å². The third-order valence-corrected chi connectivity index (χ3v) is 3.46.